The first-order chi connectivity index (χ1) is 13.9. The van der Waals surface area contributed by atoms with Crippen LogP contribution in [0.3, 0.4) is 0 Å². The Labute approximate surface area is 172 Å². The van der Waals surface area contributed by atoms with E-state index >= 15 is 0 Å². The molecule has 0 aliphatic rings. The van der Waals surface area contributed by atoms with E-state index in [1.807, 2.05) is 0 Å². The molecule has 0 atom stereocenters. The SMILES string of the molecule is CS(=O)(=O)c1ccc(-c2cnn(CC(F)(F)F)c(=O)c2Cl)cc1.O=c1cccn[nH]1. The highest BCUT2D eigenvalue weighted by Crippen LogP contribution is 2.26. The molecule has 0 saturated heterocycles. The fourth-order valence-electron chi connectivity index (χ4n) is 2.14. The van der Waals surface area contributed by atoms with Crippen LogP contribution in [0.25, 0.3) is 11.1 Å². The number of hydrogen-bond acceptors (Lipinski definition) is 6. The van der Waals surface area contributed by atoms with Crippen molar-refractivity contribution in [3.05, 3.63) is 74.5 Å². The number of halogens is 4. The zero-order chi connectivity index (χ0) is 22.5. The monoisotopic (exact) mass is 462 g/mol. The van der Waals surface area contributed by atoms with Gasteiger partial charge in [0, 0.05) is 24.1 Å². The number of nitrogens with zero attached hydrogens (tertiary/aromatic N) is 3. The lowest BCUT2D eigenvalue weighted by atomic mass is 10.1. The molecule has 0 aliphatic heterocycles. The Bertz CT molecular complexity index is 1220. The van der Waals surface area contributed by atoms with Crippen LogP contribution in [0.15, 0.2) is 63.3 Å². The van der Waals surface area contributed by atoms with Gasteiger partial charge in [0.15, 0.2) is 9.84 Å². The van der Waals surface area contributed by atoms with E-state index in [2.05, 4.69) is 15.3 Å². The van der Waals surface area contributed by atoms with Crippen LogP contribution < -0.4 is 11.1 Å². The van der Waals surface area contributed by atoms with Crippen molar-refractivity contribution in [1.29, 1.82) is 0 Å². The number of nitrogens with one attached hydrogen (secondary N) is 1. The normalized spacial score (nSPS) is 11.5. The summed E-state index contributed by atoms with van der Waals surface area (Å²) in [5.41, 5.74) is -0.752. The van der Waals surface area contributed by atoms with E-state index in [1.54, 1.807) is 6.07 Å². The van der Waals surface area contributed by atoms with Gasteiger partial charge in [-0.2, -0.15) is 23.4 Å². The summed E-state index contributed by atoms with van der Waals surface area (Å²) in [6, 6.07) is 8.40. The van der Waals surface area contributed by atoms with Crippen molar-refractivity contribution in [2.24, 2.45) is 0 Å². The first-order valence-electron chi connectivity index (χ1n) is 8.01. The molecule has 0 spiro atoms. The average molecular weight is 463 g/mol. The molecule has 2 heterocycles. The van der Waals surface area contributed by atoms with Crippen LogP contribution in [-0.2, 0) is 16.4 Å². The summed E-state index contributed by atoms with van der Waals surface area (Å²) in [5.74, 6) is 0. The third-order valence-electron chi connectivity index (χ3n) is 3.49. The number of benzene rings is 1. The molecule has 0 saturated carbocycles. The number of sulfone groups is 1. The maximum Gasteiger partial charge on any atom is 0.408 e. The first-order valence-corrected chi connectivity index (χ1v) is 10.3. The standard InChI is InChI=1S/C13H10ClF3N2O3S.C4H4N2O/c1-23(21,22)9-4-2-8(3-5-9)10-6-18-19(7-13(15,16)17)12(20)11(10)14;7-4-2-1-3-5-6-4/h2-6H,7H2,1H3;1-3H,(H,6,7). The second kappa shape index (κ2) is 9.22. The topological polar surface area (TPSA) is 115 Å². The van der Waals surface area contributed by atoms with Gasteiger partial charge in [0.2, 0.25) is 0 Å². The van der Waals surface area contributed by atoms with Gasteiger partial charge in [0.05, 0.1) is 11.1 Å². The zero-order valence-electron chi connectivity index (χ0n) is 15.2. The van der Waals surface area contributed by atoms with E-state index in [-0.39, 0.29) is 20.7 Å². The predicted octanol–water partition coefficient (Wildman–Crippen LogP) is 2.30. The van der Waals surface area contributed by atoms with Crippen molar-refractivity contribution in [3.8, 4) is 11.1 Å². The number of aromatic amines is 1. The van der Waals surface area contributed by atoms with E-state index in [0.717, 1.165) is 12.5 Å². The minimum absolute atomic E-state index is 0.0655. The number of H-pyrrole nitrogens is 1. The lowest BCUT2D eigenvalue weighted by Gasteiger charge is -2.10. The summed E-state index contributed by atoms with van der Waals surface area (Å²) in [7, 11) is -3.39. The minimum Gasteiger partial charge on any atom is -0.268 e. The van der Waals surface area contributed by atoms with E-state index in [0.29, 0.717) is 5.56 Å². The van der Waals surface area contributed by atoms with Crippen molar-refractivity contribution in [2.45, 2.75) is 17.6 Å². The molecule has 3 aromatic rings. The van der Waals surface area contributed by atoms with Crippen LogP contribution in [0.5, 0.6) is 0 Å². The molecule has 3 rings (SSSR count). The summed E-state index contributed by atoms with van der Waals surface area (Å²) in [6.07, 6.45) is -1.01. The molecule has 1 aromatic carbocycles. The van der Waals surface area contributed by atoms with Crippen molar-refractivity contribution >= 4 is 21.4 Å². The number of hydrogen-bond donors (Lipinski definition) is 1. The highest BCUT2D eigenvalue weighted by molar-refractivity contribution is 7.90. The Hall–Kier alpha value is -2.99. The molecule has 0 fully saturated rings. The van der Waals surface area contributed by atoms with Gasteiger partial charge in [-0.3, -0.25) is 9.59 Å². The van der Waals surface area contributed by atoms with Gasteiger partial charge in [-0.25, -0.2) is 18.2 Å². The number of alkyl halides is 3. The fourth-order valence-corrected chi connectivity index (χ4v) is 3.03. The van der Waals surface area contributed by atoms with E-state index in [1.165, 1.54) is 36.5 Å². The zero-order valence-corrected chi connectivity index (χ0v) is 16.8. The maximum atomic E-state index is 12.3. The molecule has 2 aromatic heterocycles. The van der Waals surface area contributed by atoms with Crippen LogP contribution in [-0.4, -0.2) is 40.8 Å². The molecule has 0 radical (unpaired) electrons. The summed E-state index contributed by atoms with van der Waals surface area (Å²) in [5, 5.41) is 8.71. The Morgan fingerprint density at radius 2 is 1.77 bits per heavy atom. The third-order valence-corrected chi connectivity index (χ3v) is 4.98. The highest BCUT2D eigenvalue weighted by Gasteiger charge is 2.29. The van der Waals surface area contributed by atoms with Crippen LogP contribution in [0.2, 0.25) is 5.02 Å². The second-order valence-corrected chi connectivity index (χ2v) is 8.25. The Morgan fingerprint density at radius 1 is 1.13 bits per heavy atom. The first kappa shape index (κ1) is 23.3. The third kappa shape index (κ3) is 6.52. The lowest BCUT2D eigenvalue weighted by molar-refractivity contribution is -0.143. The molecule has 0 aliphatic carbocycles. The molecule has 1 N–H and O–H groups in total. The van der Waals surface area contributed by atoms with Crippen LogP contribution in [0.4, 0.5) is 13.2 Å². The van der Waals surface area contributed by atoms with Gasteiger partial charge >= 0.3 is 6.18 Å². The molecule has 0 amide bonds. The second-order valence-electron chi connectivity index (χ2n) is 5.86. The van der Waals surface area contributed by atoms with Gasteiger partial charge in [0.1, 0.15) is 11.6 Å². The maximum absolute atomic E-state index is 12.3. The summed E-state index contributed by atoms with van der Waals surface area (Å²) >= 11 is 5.83. The number of aromatic nitrogens is 4. The van der Waals surface area contributed by atoms with E-state index in [4.69, 9.17) is 11.6 Å². The predicted molar refractivity (Wildman–Crippen MR) is 103 cm³/mol. The average Bonchev–Trinajstić information content (AvgIpc) is 2.65. The van der Waals surface area contributed by atoms with Gasteiger partial charge < -0.3 is 0 Å². The largest absolute Gasteiger partial charge is 0.408 e. The molecule has 30 heavy (non-hydrogen) atoms. The molecular formula is C17H14ClF3N4O4S. The molecule has 13 heteroatoms. The van der Waals surface area contributed by atoms with Crippen LogP contribution >= 0.6 is 11.6 Å². The van der Waals surface area contributed by atoms with Crippen molar-refractivity contribution < 1.29 is 21.6 Å². The molecule has 8 nitrogen and oxygen atoms in total. The van der Waals surface area contributed by atoms with Crippen LogP contribution in [0.1, 0.15) is 0 Å². The Balaban J connectivity index is 0.000000386. The Morgan fingerprint density at radius 3 is 2.20 bits per heavy atom. The van der Waals surface area contributed by atoms with E-state index < -0.39 is 33.1 Å². The van der Waals surface area contributed by atoms with Crippen molar-refractivity contribution in [2.75, 3.05) is 6.26 Å². The number of rotatable bonds is 3. The van der Waals surface area contributed by atoms with Crippen molar-refractivity contribution in [3.63, 3.8) is 0 Å². The summed E-state index contributed by atoms with van der Waals surface area (Å²) in [4.78, 5) is 22.1. The molecule has 0 unspecified atom stereocenters. The summed E-state index contributed by atoms with van der Waals surface area (Å²) in [6.45, 7) is -1.54. The Kier molecular flexibility index (Phi) is 7.16. The molecule has 0 bridgehead atoms. The highest BCUT2D eigenvalue weighted by atomic mass is 35.5. The van der Waals surface area contributed by atoms with Gasteiger partial charge in [-0.15, -0.1) is 0 Å². The molecular weight excluding hydrogens is 449 g/mol. The smallest absolute Gasteiger partial charge is 0.268 e. The van der Waals surface area contributed by atoms with Gasteiger partial charge in [-0.1, -0.05) is 23.7 Å². The van der Waals surface area contributed by atoms with E-state index in [9.17, 15) is 31.2 Å². The van der Waals surface area contributed by atoms with Gasteiger partial charge in [0.25, 0.3) is 11.1 Å². The molecule has 160 valence electrons. The van der Waals surface area contributed by atoms with Crippen LogP contribution in [0, 0.1) is 0 Å². The lowest BCUT2D eigenvalue weighted by Crippen LogP contribution is -2.30. The quantitative estimate of drug-likeness (QED) is 0.638. The van der Waals surface area contributed by atoms with Gasteiger partial charge in [-0.05, 0) is 23.8 Å². The fraction of sp³-hybridized carbons (Fsp3) is 0.176. The summed E-state index contributed by atoms with van der Waals surface area (Å²) < 4.78 is 60.0. The minimum atomic E-state index is -4.60. The van der Waals surface area contributed by atoms with Crippen molar-refractivity contribution in [1.82, 2.24) is 20.0 Å².